The first-order chi connectivity index (χ1) is 12.5. The monoisotopic (exact) mass is 303 g/mol. The minimum absolute atomic E-state index is 0.130. The number of fused-ring (bicyclic) bond motifs is 1. The number of rotatable bonds is 5. The van der Waals surface area contributed by atoms with E-state index in [2.05, 4.69) is 4.52 Å². The molecule has 2 aromatic carbocycles. The summed E-state index contributed by atoms with van der Waals surface area (Å²) in [6, 6.07) is 8.86. The zero-order valence-corrected chi connectivity index (χ0v) is 11.2. The first-order valence-corrected chi connectivity index (χ1v) is 7.12. The van der Waals surface area contributed by atoms with E-state index >= 15 is 0 Å². The molecular weight excluding hydrogens is 277 g/mol. The van der Waals surface area contributed by atoms with Crippen LogP contribution >= 0.6 is 7.82 Å². The maximum absolute atomic E-state index is 11.3. The zero-order valence-electron chi connectivity index (χ0n) is 18.3. The lowest BCUT2D eigenvalue weighted by molar-refractivity contribution is 0.284. The van der Waals surface area contributed by atoms with Gasteiger partial charge in [0, 0.05) is 22.8 Å². The highest BCUT2D eigenvalue weighted by Crippen LogP contribution is 2.41. The van der Waals surface area contributed by atoms with E-state index in [0.29, 0.717) is 5.39 Å². The lowest BCUT2D eigenvalue weighted by atomic mass is 10.0. The van der Waals surface area contributed by atoms with Crippen LogP contribution in [0.15, 0.2) is 36.4 Å². The van der Waals surface area contributed by atoms with Crippen molar-refractivity contribution in [2.75, 3.05) is 20.4 Å². The number of phosphoric ester groups is 1. The van der Waals surface area contributed by atoms with Crippen molar-refractivity contribution >= 4 is 18.6 Å². The highest BCUT2D eigenvalue weighted by Gasteiger charge is 2.18. The van der Waals surface area contributed by atoms with Crippen LogP contribution in [0.5, 0.6) is 5.75 Å². The fourth-order valence-electron chi connectivity index (χ4n) is 1.90. The average molecular weight is 303 g/mol. The first-order valence-electron chi connectivity index (χ1n) is 9.59. The van der Waals surface area contributed by atoms with E-state index in [4.69, 9.17) is 20.8 Å². The molecule has 0 fully saturated rings. The average Bonchev–Trinajstić information content (AvgIpc) is 2.41. The predicted octanol–water partition coefficient (Wildman–Crippen LogP) is 2.42. The Hall–Kier alpha value is -1.39. The SMILES string of the molecule is [2H]C([2H])([2H])N(C([2H])([2H])[2H])C([2H])([2H])Cc1cccc2cccc(OP(=O)(O)O)c12. The maximum atomic E-state index is 11.3. The van der Waals surface area contributed by atoms with E-state index in [0.717, 1.165) is 0 Å². The Morgan fingerprint density at radius 1 is 1.30 bits per heavy atom. The Balaban J connectivity index is 2.60. The highest BCUT2D eigenvalue weighted by molar-refractivity contribution is 7.46. The summed E-state index contributed by atoms with van der Waals surface area (Å²) in [5, 5.41) is 0.599. The molecular formula is C14H18NO4P. The topological polar surface area (TPSA) is 70.0 Å². The Morgan fingerprint density at radius 3 is 2.65 bits per heavy atom. The van der Waals surface area contributed by atoms with E-state index < -0.39 is 34.7 Å². The van der Waals surface area contributed by atoms with Crippen molar-refractivity contribution in [3.63, 3.8) is 0 Å². The van der Waals surface area contributed by atoms with Gasteiger partial charge in [-0.15, -0.1) is 0 Å². The van der Waals surface area contributed by atoms with Crippen molar-refractivity contribution < 1.29 is 29.8 Å². The Bertz CT molecular complexity index is 889. The van der Waals surface area contributed by atoms with Crippen LogP contribution in [0.2, 0.25) is 0 Å². The molecule has 0 atom stereocenters. The van der Waals surface area contributed by atoms with Crippen molar-refractivity contribution in [2.24, 2.45) is 0 Å². The Kier molecular flexibility index (Phi) is 2.25. The van der Waals surface area contributed by atoms with Gasteiger partial charge in [-0.3, -0.25) is 9.79 Å². The Labute approximate surface area is 129 Å². The molecule has 0 radical (unpaired) electrons. The van der Waals surface area contributed by atoms with Gasteiger partial charge in [-0.25, -0.2) is 4.57 Å². The number of likely N-dealkylation sites (N-methyl/N-ethyl adjacent to an activating group) is 1. The Morgan fingerprint density at radius 2 is 2.00 bits per heavy atom. The molecule has 6 heteroatoms. The van der Waals surface area contributed by atoms with Crippen LogP contribution in [0.3, 0.4) is 0 Å². The van der Waals surface area contributed by atoms with Crippen molar-refractivity contribution in [3.8, 4) is 5.75 Å². The fraction of sp³-hybridized carbons (Fsp3) is 0.286. The molecule has 0 saturated heterocycles. The van der Waals surface area contributed by atoms with Crippen LogP contribution in [-0.2, 0) is 11.0 Å². The highest BCUT2D eigenvalue weighted by atomic mass is 31.2. The van der Waals surface area contributed by atoms with Gasteiger partial charge in [0.25, 0.3) is 0 Å². The number of hydrogen-bond acceptors (Lipinski definition) is 3. The smallest absolute Gasteiger partial charge is 0.404 e. The molecule has 0 bridgehead atoms. The van der Waals surface area contributed by atoms with Gasteiger partial charge in [0.1, 0.15) is 5.75 Å². The standard InChI is InChI=1S/C14H18NO4P/c1-15(2)10-9-12-6-3-5-11-7-4-8-13(14(11)12)19-20(16,17)18/h3-8H,9-10H2,1-2H3,(H2,16,17,18)/i1D3,2D3,10D2. The van der Waals surface area contributed by atoms with Gasteiger partial charge in [0.15, 0.2) is 0 Å². The molecule has 108 valence electrons. The van der Waals surface area contributed by atoms with Crippen molar-refractivity contribution in [1.29, 1.82) is 0 Å². The third kappa shape index (κ3) is 3.81. The summed E-state index contributed by atoms with van der Waals surface area (Å²) in [5.41, 5.74) is 0.130. The van der Waals surface area contributed by atoms with Gasteiger partial charge in [-0.2, -0.15) is 0 Å². The van der Waals surface area contributed by atoms with Crippen LogP contribution < -0.4 is 4.52 Å². The molecule has 20 heavy (non-hydrogen) atoms. The third-order valence-corrected chi connectivity index (χ3v) is 3.03. The lowest BCUT2D eigenvalue weighted by Crippen LogP contribution is -2.15. The molecule has 0 unspecified atom stereocenters. The largest absolute Gasteiger partial charge is 0.524 e. The summed E-state index contributed by atoms with van der Waals surface area (Å²) in [6.45, 7) is -9.32. The van der Waals surface area contributed by atoms with Crippen molar-refractivity contribution in [2.45, 2.75) is 6.42 Å². The number of benzene rings is 2. The van der Waals surface area contributed by atoms with E-state index in [-0.39, 0.29) is 21.6 Å². The second kappa shape index (κ2) is 5.94. The number of phosphoric acid groups is 1. The molecule has 5 nitrogen and oxygen atoms in total. The second-order valence-corrected chi connectivity index (χ2v) is 5.19. The molecule has 0 spiro atoms. The predicted molar refractivity (Wildman–Crippen MR) is 78.9 cm³/mol. The van der Waals surface area contributed by atoms with Crippen LogP contribution in [0.1, 0.15) is 16.5 Å². The molecule has 0 aliphatic rings. The third-order valence-electron chi connectivity index (χ3n) is 2.60. The molecule has 0 amide bonds. The second-order valence-electron chi connectivity index (χ2n) is 4.02. The van der Waals surface area contributed by atoms with Crippen molar-refractivity contribution in [1.82, 2.24) is 4.90 Å². The molecule has 2 aromatic rings. The van der Waals surface area contributed by atoms with E-state index in [9.17, 15) is 4.57 Å². The quantitative estimate of drug-likeness (QED) is 0.830. The van der Waals surface area contributed by atoms with Crippen molar-refractivity contribution in [3.05, 3.63) is 42.0 Å². The summed E-state index contributed by atoms with van der Waals surface area (Å²) in [5.74, 6) is -0.230. The summed E-state index contributed by atoms with van der Waals surface area (Å²) in [4.78, 5) is 18.1. The minimum Gasteiger partial charge on any atom is -0.404 e. The van der Waals surface area contributed by atoms with Crippen LogP contribution in [0, 0.1) is 0 Å². The number of nitrogens with zero attached hydrogens (tertiary/aromatic N) is 1. The molecule has 0 aromatic heterocycles. The van der Waals surface area contributed by atoms with E-state index in [1.54, 1.807) is 12.1 Å². The summed E-state index contributed by atoms with van der Waals surface area (Å²) >= 11 is 0. The lowest BCUT2D eigenvalue weighted by Gasteiger charge is -2.15. The van der Waals surface area contributed by atoms with Gasteiger partial charge in [-0.1, -0.05) is 30.3 Å². The van der Waals surface area contributed by atoms with Crippen LogP contribution in [0.4, 0.5) is 0 Å². The van der Waals surface area contributed by atoms with E-state index in [1.807, 2.05) is 0 Å². The van der Waals surface area contributed by atoms with Gasteiger partial charge in [-0.05, 0) is 37.4 Å². The van der Waals surface area contributed by atoms with E-state index in [1.165, 1.54) is 24.3 Å². The fourth-order valence-corrected chi connectivity index (χ4v) is 2.31. The first kappa shape index (κ1) is 7.57. The van der Waals surface area contributed by atoms with Gasteiger partial charge < -0.3 is 9.42 Å². The molecule has 0 aliphatic carbocycles. The normalized spacial score (nSPS) is 19.9. The van der Waals surface area contributed by atoms with Crippen LogP contribution in [-0.4, -0.2) is 35.1 Å². The molecule has 2 N–H and O–H groups in total. The van der Waals surface area contributed by atoms with Crippen LogP contribution in [0.25, 0.3) is 10.8 Å². The molecule has 0 aliphatic heterocycles. The molecule has 2 rings (SSSR count). The molecule has 0 saturated carbocycles. The zero-order chi connectivity index (χ0) is 21.5. The summed E-state index contributed by atoms with van der Waals surface area (Å²) in [6.07, 6.45) is -0.678. The van der Waals surface area contributed by atoms with Gasteiger partial charge >= 0.3 is 7.82 Å². The number of aryl methyl sites for hydroxylation is 1. The molecule has 0 heterocycles. The minimum atomic E-state index is -4.92. The summed E-state index contributed by atoms with van der Waals surface area (Å²) < 4.78 is 76.7. The van der Waals surface area contributed by atoms with Gasteiger partial charge in [0.2, 0.25) is 0 Å². The maximum Gasteiger partial charge on any atom is 0.524 e. The van der Waals surface area contributed by atoms with Gasteiger partial charge in [0.05, 0.1) is 0 Å². The number of hydrogen-bond donors (Lipinski definition) is 2. The summed E-state index contributed by atoms with van der Waals surface area (Å²) in [7, 11) is -4.92.